The first-order valence-corrected chi connectivity index (χ1v) is 13.0. The van der Waals surface area contributed by atoms with Crippen LogP contribution in [0.4, 0.5) is 13.2 Å². The maximum Gasteiger partial charge on any atom is 0.263 e. The second-order valence-corrected chi connectivity index (χ2v) is 9.47. The number of nitrogens with zero attached hydrogens (tertiary/aromatic N) is 3. The zero-order valence-electron chi connectivity index (χ0n) is 22.7. The second kappa shape index (κ2) is 13.6. The molecule has 0 bridgehead atoms. The molecule has 0 radical (unpaired) electrons. The van der Waals surface area contributed by atoms with Crippen LogP contribution in [0.3, 0.4) is 0 Å². The van der Waals surface area contributed by atoms with Crippen LogP contribution in [-0.2, 0) is 6.54 Å². The first-order chi connectivity index (χ1) is 19.8. The van der Waals surface area contributed by atoms with Crippen LogP contribution in [0.5, 0.6) is 5.75 Å². The summed E-state index contributed by atoms with van der Waals surface area (Å²) in [5, 5.41) is 3.36. The third-order valence-corrected chi connectivity index (χ3v) is 6.48. The lowest BCUT2D eigenvalue weighted by Crippen LogP contribution is -2.33. The molecular formula is C31H29F3N4O3. The number of carbonyl (C=O) groups excluding carboxylic acids is 1. The van der Waals surface area contributed by atoms with Crippen molar-refractivity contribution in [2.75, 3.05) is 33.8 Å². The van der Waals surface area contributed by atoms with Crippen LogP contribution in [-0.4, -0.2) is 54.1 Å². The average Bonchev–Trinajstić information content (AvgIpc) is 3.45. The first-order valence-electron chi connectivity index (χ1n) is 13.0. The zero-order chi connectivity index (χ0) is 29.4. The van der Waals surface area contributed by atoms with E-state index < -0.39 is 28.9 Å². The van der Waals surface area contributed by atoms with Gasteiger partial charge in [-0.2, -0.15) is 0 Å². The van der Waals surface area contributed by atoms with Crippen molar-refractivity contribution in [1.82, 2.24) is 19.8 Å². The van der Waals surface area contributed by atoms with Crippen molar-refractivity contribution in [2.24, 2.45) is 0 Å². The van der Waals surface area contributed by atoms with Gasteiger partial charge in [0, 0.05) is 23.3 Å². The third-order valence-electron chi connectivity index (χ3n) is 6.48. The Bertz CT molecular complexity index is 1650. The lowest BCUT2D eigenvalue weighted by molar-refractivity contribution is 0.0956. The Labute approximate surface area is 235 Å². The summed E-state index contributed by atoms with van der Waals surface area (Å²) in [6.45, 7) is 2.37. The van der Waals surface area contributed by atoms with Gasteiger partial charge >= 0.3 is 0 Å². The topological polar surface area (TPSA) is 76.5 Å². The third kappa shape index (κ3) is 7.52. The fourth-order valence-electron chi connectivity index (χ4n) is 4.35. The normalized spacial score (nSPS) is 12.7. The molecule has 4 aromatic rings. The molecule has 0 aliphatic carbocycles. The highest BCUT2D eigenvalue weighted by atomic mass is 19.2. The van der Waals surface area contributed by atoms with Gasteiger partial charge in [-0.25, -0.2) is 13.2 Å². The number of amides is 1. The van der Waals surface area contributed by atoms with Gasteiger partial charge in [0.15, 0.2) is 17.5 Å². The molecular weight excluding hydrogens is 533 g/mol. The van der Waals surface area contributed by atoms with E-state index in [1.54, 1.807) is 25.4 Å². The first kappa shape index (κ1) is 29.4. The number of aromatic nitrogens is 2. The highest BCUT2D eigenvalue weighted by Crippen LogP contribution is 2.24. The largest absolute Gasteiger partial charge is 0.496 e. The van der Waals surface area contributed by atoms with E-state index >= 15 is 0 Å². The Morgan fingerprint density at radius 3 is 2.46 bits per heavy atom. The number of rotatable bonds is 5. The summed E-state index contributed by atoms with van der Waals surface area (Å²) in [6, 6.07) is 11.6. The minimum atomic E-state index is -1.59. The van der Waals surface area contributed by atoms with Crippen LogP contribution in [0.2, 0.25) is 0 Å². The van der Waals surface area contributed by atoms with E-state index in [0.717, 1.165) is 27.6 Å². The zero-order valence-corrected chi connectivity index (χ0v) is 22.7. The van der Waals surface area contributed by atoms with E-state index in [1.807, 2.05) is 12.1 Å². The van der Waals surface area contributed by atoms with E-state index in [-0.39, 0.29) is 24.2 Å². The second-order valence-electron chi connectivity index (χ2n) is 9.47. The molecule has 0 unspecified atom stereocenters. The molecule has 1 aliphatic rings. The number of ether oxygens (including phenoxy) is 1. The SMILES string of the molecule is CN1CCCC1.COc1ccnc2ccc(C#CCNC(=O)c3cccn(Cc4cc(F)c(F)c(F)c4)c3=O)cc12. The van der Waals surface area contributed by atoms with Crippen LogP contribution in [0, 0.1) is 29.3 Å². The number of fused-ring (bicyclic) bond motifs is 1. The van der Waals surface area contributed by atoms with Crippen molar-refractivity contribution in [3.05, 3.63) is 105 Å². The Balaban J connectivity index is 0.000000572. The van der Waals surface area contributed by atoms with Gasteiger partial charge in [-0.05, 0) is 87.1 Å². The molecule has 1 fully saturated rings. The smallest absolute Gasteiger partial charge is 0.263 e. The summed E-state index contributed by atoms with van der Waals surface area (Å²) in [4.78, 5) is 31.8. The van der Waals surface area contributed by atoms with Gasteiger partial charge in [0.05, 0.1) is 25.7 Å². The molecule has 1 amide bonds. The summed E-state index contributed by atoms with van der Waals surface area (Å²) >= 11 is 0. The number of benzene rings is 2. The van der Waals surface area contributed by atoms with Crippen molar-refractivity contribution >= 4 is 16.8 Å². The van der Waals surface area contributed by atoms with Gasteiger partial charge in [0.2, 0.25) is 0 Å². The van der Waals surface area contributed by atoms with Crippen molar-refractivity contribution in [3.8, 4) is 17.6 Å². The van der Waals surface area contributed by atoms with E-state index in [0.29, 0.717) is 11.3 Å². The molecule has 10 heteroatoms. The standard InChI is InChI=1S/C26H18F3N3O3.C5H11N/c1-35-23-8-10-30-22-7-6-16(12-19(22)23)4-2-9-31-25(33)18-5-3-11-32(26(18)34)15-17-13-20(27)24(29)21(28)14-17;1-6-4-2-3-5-6/h3,5-8,10-14H,9,15H2,1H3,(H,31,33);2-5H2,1H3. The molecule has 1 aliphatic heterocycles. The predicted octanol–water partition coefficient (Wildman–Crippen LogP) is 4.36. The molecule has 0 spiro atoms. The summed E-state index contributed by atoms with van der Waals surface area (Å²) in [7, 11) is 3.74. The fourth-order valence-corrected chi connectivity index (χ4v) is 4.35. The number of carbonyl (C=O) groups is 1. The quantitative estimate of drug-likeness (QED) is 0.289. The van der Waals surface area contributed by atoms with Crippen molar-refractivity contribution in [1.29, 1.82) is 0 Å². The van der Waals surface area contributed by atoms with E-state index in [1.165, 1.54) is 44.3 Å². The van der Waals surface area contributed by atoms with Crippen LogP contribution < -0.4 is 15.6 Å². The lowest BCUT2D eigenvalue weighted by atomic mass is 10.1. The van der Waals surface area contributed by atoms with Crippen molar-refractivity contribution < 1.29 is 22.7 Å². The van der Waals surface area contributed by atoms with Gasteiger partial charge in [-0.15, -0.1) is 0 Å². The van der Waals surface area contributed by atoms with E-state index in [2.05, 4.69) is 34.1 Å². The van der Waals surface area contributed by atoms with Gasteiger partial charge in [0.25, 0.3) is 11.5 Å². The fraction of sp³-hybridized carbons (Fsp3) is 0.258. The molecule has 212 valence electrons. The summed E-state index contributed by atoms with van der Waals surface area (Å²) in [5.74, 6) is 1.47. The number of hydrogen-bond acceptors (Lipinski definition) is 5. The van der Waals surface area contributed by atoms with Crippen molar-refractivity contribution in [3.63, 3.8) is 0 Å². The van der Waals surface area contributed by atoms with Crippen LogP contribution in [0.15, 0.2) is 65.7 Å². The molecule has 5 rings (SSSR count). The number of methoxy groups -OCH3 is 1. The van der Waals surface area contributed by atoms with Crippen molar-refractivity contribution in [2.45, 2.75) is 19.4 Å². The van der Waals surface area contributed by atoms with Gasteiger partial charge in [-0.1, -0.05) is 11.8 Å². The highest BCUT2D eigenvalue weighted by Gasteiger charge is 2.14. The predicted molar refractivity (Wildman–Crippen MR) is 150 cm³/mol. The molecule has 0 atom stereocenters. The Kier molecular flexibility index (Phi) is 9.77. The summed E-state index contributed by atoms with van der Waals surface area (Å²) in [5.41, 5.74) is 0.652. The van der Waals surface area contributed by atoms with Gasteiger partial charge in [-0.3, -0.25) is 14.6 Å². The van der Waals surface area contributed by atoms with Gasteiger partial charge < -0.3 is 19.5 Å². The maximum absolute atomic E-state index is 13.5. The molecule has 3 heterocycles. The molecule has 2 aromatic carbocycles. The molecule has 1 saturated heterocycles. The van der Waals surface area contributed by atoms with Crippen LogP contribution in [0.1, 0.15) is 34.3 Å². The highest BCUT2D eigenvalue weighted by molar-refractivity contribution is 5.94. The number of hydrogen-bond donors (Lipinski definition) is 1. The molecule has 2 aromatic heterocycles. The lowest BCUT2D eigenvalue weighted by Gasteiger charge is -2.09. The number of likely N-dealkylation sites (tertiary alicyclic amines) is 1. The van der Waals surface area contributed by atoms with E-state index in [9.17, 15) is 22.8 Å². The minimum absolute atomic E-state index is 0.0240. The maximum atomic E-state index is 13.5. The monoisotopic (exact) mass is 562 g/mol. The van der Waals surface area contributed by atoms with Gasteiger partial charge in [0.1, 0.15) is 11.3 Å². The number of nitrogens with one attached hydrogen (secondary N) is 1. The van der Waals surface area contributed by atoms with E-state index in [4.69, 9.17) is 4.74 Å². The Hall–Kier alpha value is -4.62. The number of halogens is 3. The van der Waals surface area contributed by atoms with Crippen LogP contribution >= 0.6 is 0 Å². The van der Waals surface area contributed by atoms with Crippen LogP contribution in [0.25, 0.3) is 10.9 Å². The Morgan fingerprint density at radius 2 is 1.80 bits per heavy atom. The Morgan fingerprint density at radius 1 is 1.07 bits per heavy atom. The molecule has 0 saturated carbocycles. The average molecular weight is 563 g/mol. The summed E-state index contributed by atoms with van der Waals surface area (Å²) in [6.07, 6.45) is 5.84. The molecule has 7 nitrogen and oxygen atoms in total. The molecule has 1 N–H and O–H groups in total. The summed E-state index contributed by atoms with van der Waals surface area (Å²) < 4.78 is 46.5. The number of pyridine rings is 2. The minimum Gasteiger partial charge on any atom is -0.496 e. The molecule has 41 heavy (non-hydrogen) atoms.